The number of alkyl halides is 3. The molecule has 156 valence electrons. The summed E-state index contributed by atoms with van der Waals surface area (Å²) < 4.78 is 44.7. The van der Waals surface area contributed by atoms with E-state index in [2.05, 4.69) is 4.99 Å². The van der Waals surface area contributed by atoms with Gasteiger partial charge < -0.3 is 4.74 Å². The van der Waals surface area contributed by atoms with Gasteiger partial charge in [0.1, 0.15) is 5.75 Å². The van der Waals surface area contributed by atoms with Gasteiger partial charge in [-0.25, -0.2) is 4.99 Å². The highest BCUT2D eigenvalue weighted by atomic mass is 19.4. The molecule has 3 rings (SSSR count). The summed E-state index contributed by atoms with van der Waals surface area (Å²) >= 11 is 0. The van der Waals surface area contributed by atoms with Crippen molar-refractivity contribution in [3.05, 3.63) is 70.4 Å². The maximum absolute atomic E-state index is 12.9. The standard InChI is InChI=1S/C22H15F3N4O2/c1-13-7-16(10-27)8-14(2)19(13)31-21-28-11-17(20(30)22(23,24)25)12-29(21)18-5-3-15(9-26)4-6-18/h3-8,11-12,21H,1-2H3. The van der Waals surface area contributed by atoms with Crippen LogP contribution in [0.3, 0.4) is 0 Å². The molecule has 6 nitrogen and oxygen atoms in total. The second-order valence-electron chi connectivity index (χ2n) is 6.75. The van der Waals surface area contributed by atoms with E-state index in [0.29, 0.717) is 33.7 Å². The molecule has 0 N–H and O–H groups in total. The molecule has 0 aromatic heterocycles. The van der Waals surface area contributed by atoms with Crippen molar-refractivity contribution in [2.45, 2.75) is 26.4 Å². The van der Waals surface area contributed by atoms with Gasteiger partial charge in [-0.2, -0.15) is 23.7 Å². The third-order valence-electron chi connectivity index (χ3n) is 4.48. The Bertz CT molecular complexity index is 1150. The monoisotopic (exact) mass is 424 g/mol. The van der Waals surface area contributed by atoms with E-state index in [4.69, 9.17) is 15.3 Å². The SMILES string of the molecule is Cc1cc(C#N)cc(C)c1OC1N=CC(C(=O)C(F)(F)F)=CN1c1ccc(C#N)cc1. The minimum Gasteiger partial charge on any atom is -0.450 e. The molecule has 9 heteroatoms. The molecule has 1 aliphatic heterocycles. The van der Waals surface area contributed by atoms with Gasteiger partial charge in [-0.3, -0.25) is 9.69 Å². The number of Topliss-reactive ketones (excluding diaryl/α,β-unsaturated/α-hetero) is 1. The molecule has 2 aromatic rings. The molecule has 0 radical (unpaired) electrons. The first-order valence-electron chi connectivity index (χ1n) is 8.97. The number of aryl methyl sites for hydroxylation is 2. The Morgan fingerprint density at radius 2 is 1.65 bits per heavy atom. The number of nitriles is 2. The zero-order valence-corrected chi connectivity index (χ0v) is 16.4. The first-order chi connectivity index (χ1) is 14.6. The van der Waals surface area contributed by atoms with Gasteiger partial charge in [-0.15, -0.1) is 0 Å². The van der Waals surface area contributed by atoms with E-state index < -0.39 is 23.9 Å². The fourth-order valence-corrected chi connectivity index (χ4v) is 3.05. The second kappa shape index (κ2) is 8.33. The predicted octanol–water partition coefficient (Wildman–Crippen LogP) is 4.32. The molecular formula is C22H15F3N4O2. The number of carbonyl (C=O) groups is 1. The summed E-state index contributed by atoms with van der Waals surface area (Å²) in [4.78, 5) is 17.0. The van der Waals surface area contributed by atoms with Crippen molar-refractivity contribution in [1.82, 2.24) is 0 Å². The number of anilines is 1. The molecule has 0 spiro atoms. The average Bonchev–Trinajstić information content (AvgIpc) is 2.75. The Balaban J connectivity index is 2.02. The number of hydrogen-bond donors (Lipinski definition) is 0. The number of aliphatic imine (C=N–C) groups is 1. The lowest BCUT2D eigenvalue weighted by Gasteiger charge is -2.32. The topological polar surface area (TPSA) is 89.5 Å². The average molecular weight is 424 g/mol. The van der Waals surface area contributed by atoms with Gasteiger partial charge in [0.05, 0.1) is 28.8 Å². The molecular weight excluding hydrogens is 409 g/mol. The number of carbonyl (C=O) groups excluding carboxylic acids is 1. The van der Waals surface area contributed by atoms with Crippen LogP contribution in [-0.4, -0.2) is 24.5 Å². The Morgan fingerprint density at radius 1 is 1.06 bits per heavy atom. The first kappa shape index (κ1) is 21.6. The molecule has 0 aliphatic carbocycles. The van der Waals surface area contributed by atoms with Gasteiger partial charge in [0, 0.05) is 18.1 Å². The fourth-order valence-electron chi connectivity index (χ4n) is 3.05. The zero-order valence-electron chi connectivity index (χ0n) is 16.4. The molecule has 0 saturated heterocycles. The lowest BCUT2D eigenvalue weighted by Crippen LogP contribution is -2.39. The van der Waals surface area contributed by atoms with Gasteiger partial charge in [0.2, 0.25) is 0 Å². The van der Waals surface area contributed by atoms with Crippen molar-refractivity contribution in [3.8, 4) is 17.9 Å². The Kier molecular flexibility index (Phi) is 5.80. The first-order valence-corrected chi connectivity index (χ1v) is 8.97. The van der Waals surface area contributed by atoms with E-state index in [1.807, 2.05) is 12.1 Å². The number of nitrogens with zero attached hydrogens (tertiary/aromatic N) is 4. The summed E-state index contributed by atoms with van der Waals surface area (Å²) in [7, 11) is 0. The van der Waals surface area contributed by atoms with Crippen LogP contribution in [0.2, 0.25) is 0 Å². The van der Waals surface area contributed by atoms with Crippen LogP contribution >= 0.6 is 0 Å². The van der Waals surface area contributed by atoms with Gasteiger partial charge in [0.15, 0.2) is 0 Å². The van der Waals surface area contributed by atoms with E-state index in [1.54, 1.807) is 26.0 Å². The summed E-state index contributed by atoms with van der Waals surface area (Å²) in [5.41, 5.74) is 1.81. The highest BCUT2D eigenvalue weighted by molar-refractivity contribution is 6.16. The van der Waals surface area contributed by atoms with E-state index in [0.717, 1.165) is 12.4 Å². The van der Waals surface area contributed by atoms with E-state index >= 15 is 0 Å². The molecule has 1 unspecified atom stereocenters. The van der Waals surface area contributed by atoms with E-state index in [9.17, 15) is 18.0 Å². The summed E-state index contributed by atoms with van der Waals surface area (Å²) in [6, 6.07) is 13.2. The lowest BCUT2D eigenvalue weighted by atomic mass is 10.1. The van der Waals surface area contributed by atoms with Crippen molar-refractivity contribution in [1.29, 1.82) is 10.5 Å². The maximum atomic E-state index is 12.9. The normalized spacial score (nSPS) is 15.6. The number of benzene rings is 2. The zero-order chi connectivity index (χ0) is 22.8. The summed E-state index contributed by atoms with van der Waals surface area (Å²) in [6.07, 6.45) is -4.32. The third-order valence-corrected chi connectivity index (χ3v) is 4.48. The number of rotatable bonds is 4. The van der Waals surface area contributed by atoms with Crippen LogP contribution in [0.15, 0.2) is 53.2 Å². The lowest BCUT2D eigenvalue weighted by molar-refractivity contribution is -0.165. The van der Waals surface area contributed by atoms with Crippen LogP contribution in [0.4, 0.5) is 18.9 Å². The van der Waals surface area contributed by atoms with Gasteiger partial charge in [-0.05, 0) is 61.4 Å². The predicted molar refractivity (Wildman–Crippen MR) is 106 cm³/mol. The third kappa shape index (κ3) is 4.57. The van der Waals surface area contributed by atoms with E-state index in [-0.39, 0.29) is 0 Å². The Morgan fingerprint density at radius 3 is 2.16 bits per heavy atom. The highest BCUT2D eigenvalue weighted by Gasteiger charge is 2.41. The van der Waals surface area contributed by atoms with Crippen LogP contribution in [-0.2, 0) is 4.79 Å². The van der Waals surface area contributed by atoms with E-state index in [1.165, 1.54) is 29.2 Å². The Hall–Kier alpha value is -4.11. The second-order valence-corrected chi connectivity index (χ2v) is 6.75. The summed E-state index contributed by atoms with van der Waals surface area (Å²) in [5.74, 6) is -1.61. The van der Waals surface area contributed by atoms with Crippen LogP contribution < -0.4 is 9.64 Å². The van der Waals surface area contributed by atoms with Crippen molar-refractivity contribution in [2.75, 3.05) is 4.90 Å². The molecule has 1 aliphatic rings. The minimum absolute atomic E-state index is 0.357. The highest BCUT2D eigenvalue weighted by Crippen LogP contribution is 2.31. The minimum atomic E-state index is -5.05. The summed E-state index contributed by atoms with van der Waals surface area (Å²) in [5, 5.41) is 18.1. The van der Waals surface area contributed by atoms with Crippen molar-refractivity contribution in [2.24, 2.45) is 4.99 Å². The van der Waals surface area contributed by atoms with Crippen molar-refractivity contribution in [3.63, 3.8) is 0 Å². The van der Waals surface area contributed by atoms with Gasteiger partial charge >= 0.3 is 6.18 Å². The molecule has 1 atom stereocenters. The number of ketones is 1. The van der Waals surface area contributed by atoms with Crippen LogP contribution in [0, 0.1) is 36.5 Å². The number of halogens is 3. The molecule has 0 amide bonds. The molecule has 0 fully saturated rings. The van der Waals surface area contributed by atoms with Crippen molar-refractivity contribution >= 4 is 17.7 Å². The van der Waals surface area contributed by atoms with Gasteiger partial charge in [0.25, 0.3) is 12.1 Å². The quantitative estimate of drug-likeness (QED) is 0.729. The van der Waals surface area contributed by atoms with Gasteiger partial charge in [-0.1, -0.05) is 0 Å². The molecule has 2 aromatic carbocycles. The molecule has 1 heterocycles. The molecule has 31 heavy (non-hydrogen) atoms. The van der Waals surface area contributed by atoms with Crippen molar-refractivity contribution < 1.29 is 22.7 Å². The maximum Gasteiger partial charge on any atom is 0.454 e. The summed E-state index contributed by atoms with van der Waals surface area (Å²) in [6.45, 7) is 3.46. The smallest absolute Gasteiger partial charge is 0.450 e. The van der Waals surface area contributed by atoms with Crippen LogP contribution in [0.25, 0.3) is 0 Å². The Labute approximate surface area is 176 Å². The fraction of sp³-hybridized carbons (Fsp3) is 0.182. The number of ether oxygens (including phenoxy) is 1. The number of allylic oxidation sites excluding steroid dienone is 1. The van der Waals surface area contributed by atoms with Crippen LogP contribution in [0.1, 0.15) is 22.3 Å². The largest absolute Gasteiger partial charge is 0.454 e. The molecule has 0 saturated carbocycles. The number of hydrogen-bond acceptors (Lipinski definition) is 6. The molecule has 0 bridgehead atoms. The van der Waals surface area contributed by atoms with Crippen LogP contribution in [0.5, 0.6) is 5.75 Å².